The van der Waals surface area contributed by atoms with Crippen molar-refractivity contribution < 1.29 is 4.79 Å². The molecule has 1 aromatic heterocycles. The number of hydrogen-bond acceptors (Lipinski definition) is 2. The third kappa shape index (κ3) is 3.23. The van der Waals surface area contributed by atoms with Crippen molar-refractivity contribution in [2.75, 3.05) is 5.32 Å². The lowest BCUT2D eigenvalue weighted by molar-refractivity contribution is -0.116. The van der Waals surface area contributed by atoms with E-state index in [0.29, 0.717) is 0 Å². The number of rotatable bonds is 3. The van der Waals surface area contributed by atoms with Crippen LogP contribution in [0.25, 0.3) is 0 Å². The van der Waals surface area contributed by atoms with Gasteiger partial charge in [-0.25, -0.2) is 0 Å². The molecule has 2 aromatic rings. The molecule has 5 heteroatoms. The molecule has 1 amide bonds. The molecule has 1 aromatic carbocycles. The van der Waals surface area contributed by atoms with Crippen LogP contribution in [0.2, 0.25) is 0 Å². The highest BCUT2D eigenvalue weighted by molar-refractivity contribution is 9.10. The van der Waals surface area contributed by atoms with Crippen LogP contribution < -0.4 is 5.32 Å². The highest BCUT2D eigenvalue weighted by Crippen LogP contribution is 2.19. The van der Waals surface area contributed by atoms with Gasteiger partial charge in [0.05, 0.1) is 10.2 Å². The maximum atomic E-state index is 12.0. The molecule has 1 N–H and O–H groups in total. The molecule has 0 bridgehead atoms. The molecule has 0 aliphatic heterocycles. The number of anilines is 1. The van der Waals surface area contributed by atoms with Gasteiger partial charge in [0, 0.05) is 11.9 Å². The summed E-state index contributed by atoms with van der Waals surface area (Å²) in [6, 6.07) is 5.95. The molecule has 19 heavy (non-hydrogen) atoms. The van der Waals surface area contributed by atoms with E-state index >= 15 is 0 Å². The van der Waals surface area contributed by atoms with Crippen molar-refractivity contribution in [3.8, 4) is 0 Å². The van der Waals surface area contributed by atoms with Crippen molar-refractivity contribution in [2.24, 2.45) is 0 Å². The predicted molar refractivity (Wildman–Crippen MR) is 79.2 cm³/mol. The Morgan fingerprint density at radius 2 is 1.95 bits per heavy atom. The molecule has 0 unspecified atom stereocenters. The van der Waals surface area contributed by atoms with Crippen LogP contribution in [0.15, 0.2) is 28.9 Å². The first-order valence-electron chi connectivity index (χ1n) is 6.03. The fourth-order valence-electron chi connectivity index (χ4n) is 1.91. The first kappa shape index (κ1) is 13.8. The molecule has 0 saturated heterocycles. The minimum absolute atomic E-state index is 0.0765. The van der Waals surface area contributed by atoms with Crippen LogP contribution in [-0.4, -0.2) is 15.7 Å². The summed E-state index contributed by atoms with van der Waals surface area (Å²) in [4.78, 5) is 12.0. The summed E-state index contributed by atoms with van der Waals surface area (Å²) in [6.07, 6.45) is 1.81. The van der Waals surface area contributed by atoms with Gasteiger partial charge in [0.2, 0.25) is 5.91 Å². The van der Waals surface area contributed by atoms with Crippen molar-refractivity contribution in [1.29, 1.82) is 0 Å². The van der Waals surface area contributed by atoms with E-state index in [1.54, 1.807) is 10.9 Å². The zero-order chi connectivity index (χ0) is 14.0. The van der Waals surface area contributed by atoms with Crippen LogP contribution in [0.5, 0.6) is 0 Å². The van der Waals surface area contributed by atoms with Gasteiger partial charge in [0.15, 0.2) is 0 Å². The Kier molecular flexibility index (Phi) is 4.04. The van der Waals surface area contributed by atoms with Crippen LogP contribution in [0, 0.1) is 20.8 Å². The normalized spacial score (nSPS) is 10.5. The van der Waals surface area contributed by atoms with Gasteiger partial charge >= 0.3 is 0 Å². The average molecular weight is 322 g/mol. The molecule has 0 radical (unpaired) electrons. The summed E-state index contributed by atoms with van der Waals surface area (Å²) in [5, 5.41) is 7.19. The number of hydrogen-bond donors (Lipinski definition) is 1. The van der Waals surface area contributed by atoms with E-state index < -0.39 is 0 Å². The molecular weight excluding hydrogens is 306 g/mol. The van der Waals surface area contributed by atoms with Crippen LogP contribution in [-0.2, 0) is 11.3 Å². The van der Waals surface area contributed by atoms with E-state index in [-0.39, 0.29) is 12.5 Å². The SMILES string of the molecule is Cc1cccc(C)c1NC(=O)Cn1cc(Br)c(C)n1. The van der Waals surface area contributed by atoms with Gasteiger partial charge < -0.3 is 5.32 Å². The monoisotopic (exact) mass is 321 g/mol. The Labute approximate surface area is 120 Å². The molecule has 0 aliphatic carbocycles. The number of amides is 1. The zero-order valence-electron chi connectivity index (χ0n) is 11.2. The van der Waals surface area contributed by atoms with E-state index in [4.69, 9.17) is 0 Å². The number of nitrogens with zero attached hydrogens (tertiary/aromatic N) is 2. The third-order valence-corrected chi connectivity index (χ3v) is 3.72. The van der Waals surface area contributed by atoms with Crippen molar-refractivity contribution in [3.63, 3.8) is 0 Å². The van der Waals surface area contributed by atoms with Crippen LogP contribution in [0.4, 0.5) is 5.69 Å². The Bertz CT molecular complexity index is 579. The lowest BCUT2D eigenvalue weighted by Crippen LogP contribution is -2.20. The second-order valence-corrected chi connectivity index (χ2v) is 5.43. The van der Waals surface area contributed by atoms with Crippen molar-refractivity contribution in [3.05, 3.63) is 45.7 Å². The maximum Gasteiger partial charge on any atom is 0.246 e. The number of aryl methyl sites for hydroxylation is 3. The summed E-state index contributed by atoms with van der Waals surface area (Å²) in [5.74, 6) is -0.0765. The van der Waals surface area contributed by atoms with Crippen LogP contribution in [0.3, 0.4) is 0 Å². The second-order valence-electron chi connectivity index (χ2n) is 4.58. The molecule has 2 rings (SSSR count). The van der Waals surface area contributed by atoms with Gasteiger partial charge in [-0.2, -0.15) is 5.10 Å². The molecule has 0 spiro atoms. The van der Waals surface area contributed by atoms with E-state index in [1.807, 2.05) is 39.0 Å². The maximum absolute atomic E-state index is 12.0. The number of aromatic nitrogens is 2. The van der Waals surface area contributed by atoms with Crippen molar-refractivity contribution >= 4 is 27.5 Å². The van der Waals surface area contributed by atoms with E-state index in [0.717, 1.165) is 27.0 Å². The second kappa shape index (κ2) is 5.57. The molecule has 100 valence electrons. The average Bonchev–Trinajstić information content (AvgIpc) is 2.63. The number of benzene rings is 1. The van der Waals surface area contributed by atoms with Crippen LogP contribution in [0.1, 0.15) is 16.8 Å². The smallest absolute Gasteiger partial charge is 0.246 e. The third-order valence-electron chi connectivity index (χ3n) is 2.94. The summed E-state index contributed by atoms with van der Waals surface area (Å²) in [6.45, 7) is 6.07. The Morgan fingerprint density at radius 1 is 1.32 bits per heavy atom. The number of carbonyl (C=O) groups excluding carboxylic acids is 1. The largest absolute Gasteiger partial charge is 0.324 e. The molecule has 0 atom stereocenters. The van der Waals surface area contributed by atoms with Gasteiger partial charge in [-0.1, -0.05) is 18.2 Å². The quantitative estimate of drug-likeness (QED) is 0.943. The first-order chi connectivity index (χ1) is 8.97. The number of halogens is 1. The highest BCUT2D eigenvalue weighted by Gasteiger charge is 2.09. The summed E-state index contributed by atoms with van der Waals surface area (Å²) < 4.78 is 2.54. The van der Waals surface area contributed by atoms with Crippen molar-refractivity contribution in [1.82, 2.24) is 9.78 Å². The fourth-order valence-corrected chi connectivity index (χ4v) is 2.23. The van der Waals surface area contributed by atoms with Gasteiger partial charge in [-0.3, -0.25) is 9.48 Å². The Hall–Kier alpha value is -1.62. The number of para-hydroxylation sites is 1. The zero-order valence-corrected chi connectivity index (χ0v) is 12.8. The lowest BCUT2D eigenvalue weighted by Gasteiger charge is -2.11. The molecular formula is C14H16BrN3O. The summed E-state index contributed by atoms with van der Waals surface area (Å²) in [5.41, 5.74) is 3.88. The van der Waals surface area contributed by atoms with Gasteiger partial charge in [-0.05, 0) is 47.8 Å². The van der Waals surface area contributed by atoms with Crippen molar-refractivity contribution in [2.45, 2.75) is 27.3 Å². The standard InChI is InChI=1S/C14H16BrN3O/c1-9-5-4-6-10(2)14(9)16-13(19)8-18-7-12(15)11(3)17-18/h4-7H,8H2,1-3H3,(H,16,19). The van der Waals surface area contributed by atoms with Gasteiger partial charge in [-0.15, -0.1) is 0 Å². The predicted octanol–water partition coefficient (Wildman–Crippen LogP) is 3.21. The molecule has 1 heterocycles. The van der Waals surface area contributed by atoms with E-state index in [9.17, 15) is 4.79 Å². The fraction of sp³-hybridized carbons (Fsp3) is 0.286. The van der Waals surface area contributed by atoms with E-state index in [1.165, 1.54) is 0 Å². The number of nitrogens with one attached hydrogen (secondary N) is 1. The highest BCUT2D eigenvalue weighted by atomic mass is 79.9. The topological polar surface area (TPSA) is 46.9 Å². The lowest BCUT2D eigenvalue weighted by atomic mass is 10.1. The van der Waals surface area contributed by atoms with Gasteiger partial charge in [0.1, 0.15) is 6.54 Å². The molecule has 0 saturated carbocycles. The minimum Gasteiger partial charge on any atom is -0.324 e. The first-order valence-corrected chi connectivity index (χ1v) is 6.82. The Morgan fingerprint density at radius 3 is 2.47 bits per heavy atom. The summed E-state index contributed by atoms with van der Waals surface area (Å²) in [7, 11) is 0. The minimum atomic E-state index is -0.0765. The molecule has 4 nitrogen and oxygen atoms in total. The molecule has 0 fully saturated rings. The van der Waals surface area contributed by atoms with Gasteiger partial charge in [0.25, 0.3) is 0 Å². The molecule has 0 aliphatic rings. The van der Waals surface area contributed by atoms with Crippen LogP contribution >= 0.6 is 15.9 Å². The number of carbonyl (C=O) groups is 1. The van der Waals surface area contributed by atoms with E-state index in [2.05, 4.69) is 26.3 Å². The Balaban J connectivity index is 2.09. The summed E-state index contributed by atoms with van der Waals surface area (Å²) >= 11 is 3.38.